The molecule has 0 amide bonds. The summed E-state index contributed by atoms with van der Waals surface area (Å²) in [7, 11) is 0. The van der Waals surface area contributed by atoms with Crippen molar-refractivity contribution in [3.8, 4) is 10.7 Å². The van der Waals surface area contributed by atoms with Gasteiger partial charge in [0.25, 0.3) is 0 Å². The Bertz CT molecular complexity index is 654. The van der Waals surface area contributed by atoms with Gasteiger partial charge in [-0.3, -0.25) is 4.79 Å². The Morgan fingerprint density at radius 3 is 3.00 bits per heavy atom. The summed E-state index contributed by atoms with van der Waals surface area (Å²) in [5, 5.41) is 15.3. The normalized spacial score (nSPS) is 25.3. The highest BCUT2D eigenvalue weighted by Crippen LogP contribution is 2.44. The Labute approximate surface area is 134 Å². The highest BCUT2D eigenvalue weighted by molar-refractivity contribution is 9.10. The molecule has 0 aromatic carbocycles. The van der Waals surface area contributed by atoms with E-state index < -0.39 is 11.9 Å². The van der Waals surface area contributed by atoms with Gasteiger partial charge in [-0.1, -0.05) is 18.5 Å². The van der Waals surface area contributed by atoms with E-state index in [0.717, 1.165) is 22.2 Å². The number of rotatable bonds is 4. The molecular weight excluding hydrogens is 356 g/mol. The lowest BCUT2D eigenvalue weighted by Crippen LogP contribution is -2.17. The molecule has 5 nitrogen and oxygen atoms in total. The molecule has 0 spiro atoms. The molecule has 2 heterocycles. The van der Waals surface area contributed by atoms with Crippen molar-refractivity contribution in [2.75, 3.05) is 0 Å². The average Bonchev–Trinajstić information content (AvgIpc) is 3.15. The van der Waals surface area contributed by atoms with Crippen LogP contribution in [0.2, 0.25) is 0 Å². The lowest BCUT2D eigenvalue weighted by molar-refractivity contribution is -0.142. The van der Waals surface area contributed by atoms with Crippen molar-refractivity contribution in [2.45, 2.75) is 32.1 Å². The van der Waals surface area contributed by atoms with Gasteiger partial charge in [0.15, 0.2) is 0 Å². The zero-order valence-corrected chi connectivity index (χ0v) is 13.9. The molecule has 1 aliphatic carbocycles. The van der Waals surface area contributed by atoms with E-state index >= 15 is 0 Å². The minimum Gasteiger partial charge on any atom is -0.481 e. The maximum atomic E-state index is 11.4. The summed E-state index contributed by atoms with van der Waals surface area (Å²) in [6, 6.07) is 1.93. The van der Waals surface area contributed by atoms with Crippen molar-refractivity contribution < 1.29 is 14.4 Å². The molecule has 3 atom stereocenters. The fourth-order valence-corrected chi connectivity index (χ4v) is 4.29. The summed E-state index contributed by atoms with van der Waals surface area (Å²) in [5.74, 6) is 0.0509. The van der Waals surface area contributed by atoms with E-state index in [9.17, 15) is 9.90 Å². The molecule has 0 radical (unpaired) electrons. The number of hydrogen-bond donors (Lipinski definition) is 1. The molecular formula is C14H15BrN2O3S. The van der Waals surface area contributed by atoms with Crippen LogP contribution in [0, 0.1) is 11.8 Å². The first-order valence-corrected chi connectivity index (χ1v) is 8.56. The second-order valence-corrected chi connectivity index (χ2v) is 7.21. The number of halogens is 1. The van der Waals surface area contributed by atoms with Crippen molar-refractivity contribution in [1.29, 1.82) is 0 Å². The monoisotopic (exact) mass is 370 g/mol. The SMILES string of the molecule is CCC1CC(C(=O)O)C(c2nc(-c3cc(Br)cs3)no2)C1. The van der Waals surface area contributed by atoms with E-state index in [2.05, 4.69) is 33.0 Å². The van der Waals surface area contributed by atoms with Gasteiger partial charge in [0, 0.05) is 9.85 Å². The van der Waals surface area contributed by atoms with Gasteiger partial charge in [-0.2, -0.15) is 4.98 Å². The van der Waals surface area contributed by atoms with Gasteiger partial charge in [-0.05, 0) is 40.8 Å². The molecule has 3 rings (SSSR count). The van der Waals surface area contributed by atoms with Gasteiger partial charge in [0.05, 0.1) is 16.7 Å². The molecule has 0 aliphatic heterocycles. The highest BCUT2D eigenvalue weighted by Gasteiger charge is 2.42. The Morgan fingerprint density at radius 2 is 2.38 bits per heavy atom. The van der Waals surface area contributed by atoms with Crippen molar-refractivity contribution in [2.24, 2.45) is 11.8 Å². The summed E-state index contributed by atoms with van der Waals surface area (Å²) in [6.45, 7) is 2.09. The number of nitrogens with zero attached hydrogens (tertiary/aromatic N) is 2. The van der Waals surface area contributed by atoms with E-state index in [1.54, 1.807) is 0 Å². The van der Waals surface area contributed by atoms with Crippen molar-refractivity contribution in [3.05, 3.63) is 21.8 Å². The predicted molar refractivity (Wildman–Crippen MR) is 82.2 cm³/mol. The first kappa shape index (κ1) is 14.7. The molecule has 21 heavy (non-hydrogen) atoms. The average molecular weight is 371 g/mol. The van der Waals surface area contributed by atoms with Crippen LogP contribution in [-0.2, 0) is 4.79 Å². The summed E-state index contributed by atoms with van der Waals surface area (Å²) < 4.78 is 6.33. The van der Waals surface area contributed by atoms with Crippen LogP contribution in [-0.4, -0.2) is 21.2 Å². The van der Waals surface area contributed by atoms with Crippen LogP contribution < -0.4 is 0 Å². The molecule has 2 aromatic rings. The third-order valence-corrected chi connectivity index (χ3v) is 5.79. The summed E-state index contributed by atoms with van der Waals surface area (Å²) in [5.41, 5.74) is 0. The molecule has 112 valence electrons. The number of carbonyl (C=O) groups is 1. The van der Waals surface area contributed by atoms with Gasteiger partial charge in [0.1, 0.15) is 0 Å². The van der Waals surface area contributed by atoms with Gasteiger partial charge < -0.3 is 9.63 Å². The Balaban J connectivity index is 1.86. The number of aromatic nitrogens is 2. The minimum atomic E-state index is -0.769. The van der Waals surface area contributed by atoms with E-state index in [4.69, 9.17) is 4.52 Å². The second kappa shape index (κ2) is 5.88. The van der Waals surface area contributed by atoms with Gasteiger partial charge >= 0.3 is 5.97 Å². The third kappa shape index (κ3) is 2.89. The molecule has 7 heteroatoms. The molecule has 1 N–H and O–H groups in total. The zero-order valence-electron chi connectivity index (χ0n) is 11.5. The van der Waals surface area contributed by atoms with Crippen LogP contribution in [0.5, 0.6) is 0 Å². The third-order valence-electron chi connectivity index (χ3n) is 4.10. The minimum absolute atomic E-state index is 0.169. The first-order valence-electron chi connectivity index (χ1n) is 6.89. The zero-order chi connectivity index (χ0) is 15.0. The lowest BCUT2D eigenvalue weighted by Gasteiger charge is -2.09. The largest absolute Gasteiger partial charge is 0.481 e. The van der Waals surface area contributed by atoms with E-state index in [1.165, 1.54) is 11.3 Å². The molecule has 0 bridgehead atoms. The van der Waals surface area contributed by atoms with Crippen LogP contribution in [0.15, 0.2) is 20.4 Å². The van der Waals surface area contributed by atoms with Gasteiger partial charge in [-0.25, -0.2) is 0 Å². The topological polar surface area (TPSA) is 76.2 Å². The van der Waals surface area contributed by atoms with E-state index in [0.29, 0.717) is 24.1 Å². The van der Waals surface area contributed by atoms with Crippen LogP contribution in [0.25, 0.3) is 10.7 Å². The molecule has 1 aliphatic rings. The maximum Gasteiger partial charge on any atom is 0.307 e. The lowest BCUT2D eigenvalue weighted by atomic mass is 9.96. The first-order chi connectivity index (χ1) is 10.1. The molecule has 2 aromatic heterocycles. The van der Waals surface area contributed by atoms with Crippen LogP contribution in [0.3, 0.4) is 0 Å². The smallest absolute Gasteiger partial charge is 0.307 e. The van der Waals surface area contributed by atoms with E-state index in [1.807, 2.05) is 11.4 Å². The van der Waals surface area contributed by atoms with Crippen LogP contribution >= 0.6 is 27.3 Å². The molecule has 3 unspecified atom stereocenters. The Morgan fingerprint density at radius 1 is 1.57 bits per heavy atom. The fourth-order valence-electron chi connectivity index (χ4n) is 2.94. The second-order valence-electron chi connectivity index (χ2n) is 5.38. The van der Waals surface area contributed by atoms with Crippen LogP contribution in [0.4, 0.5) is 0 Å². The Kier molecular flexibility index (Phi) is 4.12. The predicted octanol–water partition coefficient (Wildman–Crippen LogP) is 4.17. The van der Waals surface area contributed by atoms with Crippen molar-refractivity contribution in [1.82, 2.24) is 10.1 Å². The Hall–Kier alpha value is -1.21. The quantitative estimate of drug-likeness (QED) is 0.873. The van der Waals surface area contributed by atoms with Gasteiger partial charge in [-0.15, -0.1) is 11.3 Å². The number of aliphatic carboxylic acids is 1. The highest BCUT2D eigenvalue weighted by atomic mass is 79.9. The van der Waals surface area contributed by atoms with Crippen molar-refractivity contribution in [3.63, 3.8) is 0 Å². The van der Waals surface area contributed by atoms with Crippen LogP contribution in [0.1, 0.15) is 38.0 Å². The fraction of sp³-hybridized carbons (Fsp3) is 0.500. The van der Waals surface area contributed by atoms with Gasteiger partial charge in [0.2, 0.25) is 11.7 Å². The molecule has 1 fully saturated rings. The summed E-state index contributed by atoms with van der Waals surface area (Å²) in [4.78, 5) is 16.8. The number of carboxylic acids is 1. The number of hydrogen-bond acceptors (Lipinski definition) is 5. The standard InChI is InChI=1S/C14H15BrN2O3S/c1-2-7-3-9(10(4-7)14(18)19)13-16-12(17-20-13)11-5-8(15)6-21-11/h5-7,9-10H,2-4H2,1H3,(H,18,19). The maximum absolute atomic E-state index is 11.4. The number of carboxylic acid groups (broad SMARTS) is 1. The number of thiophene rings is 1. The molecule has 1 saturated carbocycles. The summed E-state index contributed by atoms with van der Waals surface area (Å²) in [6.07, 6.45) is 2.49. The summed E-state index contributed by atoms with van der Waals surface area (Å²) >= 11 is 4.92. The van der Waals surface area contributed by atoms with E-state index in [-0.39, 0.29) is 5.92 Å². The molecule has 0 saturated heterocycles. The van der Waals surface area contributed by atoms with Crippen molar-refractivity contribution >= 4 is 33.2 Å².